The van der Waals surface area contributed by atoms with Crippen molar-refractivity contribution in [3.63, 3.8) is 0 Å². The standard InChI is InChI=1S/C7H11NO2/c9-7(10)3-6-8-4-1-2-5-8/h1-2,4-5,7,9-10H,3,6H2. The van der Waals surface area contributed by atoms with Crippen LogP contribution in [0.1, 0.15) is 6.42 Å². The minimum absolute atomic E-state index is 0.384. The predicted molar refractivity (Wildman–Crippen MR) is 37.3 cm³/mol. The maximum atomic E-state index is 8.49. The van der Waals surface area contributed by atoms with Crippen molar-refractivity contribution >= 4 is 0 Å². The number of nitrogens with zero attached hydrogens (tertiary/aromatic N) is 1. The van der Waals surface area contributed by atoms with Crippen molar-refractivity contribution in [2.24, 2.45) is 0 Å². The normalized spacial score (nSPS) is 10.7. The van der Waals surface area contributed by atoms with Crippen molar-refractivity contribution in [2.45, 2.75) is 19.3 Å². The van der Waals surface area contributed by atoms with Gasteiger partial charge in [-0.2, -0.15) is 0 Å². The third-order valence-corrected chi connectivity index (χ3v) is 1.31. The molecule has 0 aliphatic carbocycles. The first-order valence-corrected chi connectivity index (χ1v) is 3.26. The topological polar surface area (TPSA) is 45.4 Å². The van der Waals surface area contributed by atoms with Crippen molar-refractivity contribution in [1.82, 2.24) is 4.57 Å². The molecule has 56 valence electrons. The fourth-order valence-electron chi connectivity index (χ4n) is 0.784. The number of rotatable bonds is 3. The van der Waals surface area contributed by atoms with Crippen LogP contribution < -0.4 is 0 Å². The van der Waals surface area contributed by atoms with Crippen molar-refractivity contribution in [2.75, 3.05) is 0 Å². The van der Waals surface area contributed by atoms with Crippen LogP contribution in [0.5, 0.6) is 0 Å². The quantitative estimate of drug-likeness (QED) is 0.590. The van der Waals surface area contributed by atoms with Crippen molar-refractivity contribution in [3.8, 4) is 0 Å². The van der Waals surface area contributed by atoms with Gasteiger partial charge in [0.15, 0.2) is 6.29 Å². The van der Waals surface area contributed by atoms with Crippen LogP contribution in [0.15, 0.2) is 24.5 Å². The summed E-state index contributed by atoms with van der Waals surface area (Å²) in [5, 5.41) is 17.0. The predicted octanol–water partition coefficient (Wildman–Crippen LogP) is 0.189. The molecule has 0 fully saturated rings. The molecule has 0 aromatic carbocycles. The minimum atomic E-state index is -1.19. The van der Waals surface area contributed by atoms with Gasteiger partial charge in [0.2, 0.25) is 0 Å². The zero-order chi connectivity index (χ0) is 7.40. The highest BCUT2D eigenvalue weighted by Crippen LogP contribution is 1.94. The Bertz CT molecular complexity index is 170. The lowest BCUT2D eigenvalue weighted by atomic mass is 10.4. The molecule has 3 heteroatoms. The molecule has 10 heavy (non-hydrogen) atoms. The molecule has 3 nitrogen and oxygen atoms in total. The highest BCUT2D eigenvalue weighted by molar-refractivity contribution is 4.89. The highest BCUT2D eigenvalue weighted by Gasteiger charge is 1.95. The Morgan fingerprint density at radius 3 is 2.30 bits per heavy atom. The smallest absolute Gasteiger partial charge is 0.153 e. The zero-order valence-electron chi connectivity index (χ0n) is 5.64. The molecule has 1 aromatic rings. The minimum Gasteiger partial charge on any atom is -0.368 e. The Morgan fingerprint density at radius 1 is 1.20 bits per heavy atom. The molecular weight excluding hydrogens is 130 g/mol. The molecule has 1 heterocycles. The van der Waals surface area contributed by atoms with Gasteiger partial charge in [0.1, 0.15) is 0 Å². The Labute approximate surface area is 59.5 Å². The number of aromatic nitrogens is 1. The molecule has 2 N–H and O–H groups in total. The van der Waals surface area contributed by atoms with E-state index in [1.165, 1.54) is 0 Å². The van der Waals surface area contributed by atoms with Crippen LogP contribution in [-0.2, 0) is 6.54 Å². The summed E-state index contributed by atoms with van der Waals surface area (Å²) >= 11 is 0. The Morgan fingerprint density at radius 2 is 1.80 bits per heavy atom. The van der Waals surface area contributed by atoms with E-state index in [0.29, 0.717) is 13.0 Å². The third-order valence-electron chi connectivity index (χ3n) is 1.31. The molecule has 0 atom stereocenters. The van der Waals surface area contributed by atoms with E-state index in [2.05, 4.69) is 0 Å². The molecule has 0 radical (unpaired) electrons. The Balaban J connectivity index is 2.28. The van der Waals surface area contributed by atoms with Crippen LogP contribution in [0.25, 0.3) is 0 Å². The van der Waals surface area contributed by atoms with E-state index in [1.807, 2.05) is 29.1 Å². The van der Waals surface area contributed by atoms with Gasteiger partial charge in [-0.25, -0.2) is 0 Å². The van der Waals surface area contributed by atoms with Gasteiger partial charge in [-0.3, -0.25) is 0 Å². The molecule has 0 saturated carbocycles. The van der Waals surface area contributed by atoms with Crippen LogP contribution >= 0.6 is 0 Å². The lowest BCUT2D eigenvalue weighted by Gasteiger charge is -2.03. The average Bonchev–Trinajstić information content (AvgIpc) is 2.34. The van der Waals surface area contributed by atoms with Gasteiger partial charge in [0, 0.05) is 25.4 Å². The summed E-state index contributed by atoms with van der Waals surface area (Å²) in [6, 6.07) is 3.81. The van der Waals surface area contributed by atoms with Gasteiger partial charge in [0.05, 0.1) is 0 Å². The summed E-state index contributed by atoms with van der Waals surface area (Å²) in [7, 11) is 0. The van der Waals surface area contributed by atoms with Crippen molar-refractivity contribution in [1.29, 1.82) is 0 Å². The van der Waals surface area contributed by atoms with E-state index in [-0.39, 0.29) is 0 Å². The Kier molecular flexibility index (Phi) is 2.48. The first-order chi connectivity index (χ1) is 4.79. The lowest BCUT2D eigenvalue weighted by molar-refractivity contribution is -0.0476. The van der Waals surface area contributed by atoms with Crippen LogP contribution in [0.2, 0.25) is 0 Å². The monoisotopic (exact) mass is 141 g/mol. The molecule has 0 saturated heterocycles. The van der Waals surface area contributed by atoms with Gasteiger partial charge in [-0.1, -0.05) is 0 Å². The molecule has 0 aliphatic heterocycles. The van der Waals surface area contributed by atoms with Gasteiger partial charge in [-0.15, -0.1) is 0 Å². The van der Waals surface area contributed by atoms with Gasteiger partial charge >= 0.3 is 0 Å². The summed E-state index contributed by atoms with van der Waals surface area (Å²) < 4.78 is 1.90. The number of hydrogen-bond donors (Lipinski definition) is 2. The highest BCUT2D eigenvalue weighted by atomic mass is 16.5. The van der Waals surface area contributed by atoms with E-state index in [4.69, 9.17) is 10.2 Å². The summed E-state index contributed by atoms with van der Waals surface area (Å²) in [6.45, 7) is 0.657. The maximum absolute atomic E-state index is 8.49. The average molecular weight is 141 g/mol. The van der Waals surface area contributed by atoms with E-state index in [1.54, 1.807) is 0 Å². The number of aryl methyl sites for hydroxylation is 1. The third kappa shape index (κ3) is 2.21. The maximum Gasteiger partial charge on any atom is 0.153 e. The molecule has 0 spiro atoms. The van der Waals surface area contributed by atoms with Crippen molar-refractivity contribution < 1.29 is 10.2 Å². The first-order valence-electron chi connectivity index (χ1n) is 3.26. The molecule has 0 unspecified atom stereocenters. The summed E-state index contributed by atoms with van der Waals surface area (Å²) in [5.74, 6) is 0. The first kappa shape index (κ1) is 7.31. The molecule has 0 bridgehead atoms. The van der Waals surface area contributed by atoms with E-state index in [9.17, 15) is 0 Å². The molecule has 0 aliphatic rings. The molecule has 0 amide bonds. The van der Waals surface area contributed by atoms with Crippen LogP contribution in [0, 0.1) is 0 Å². The second-order valence-electron chi connectivity index (χ2n) is 2.19. The summed E-state index contributed by atoms with van der Waals surface area (Å²) in [5.41, 5.74) is 0. The SMILES string of the molecule is OC(O)CCn1cccc1. The van der Waals surface area contributed by atoms with E-state index in [0.717, 1.165) is 0 Å². The fraction of sp³-hybridized carbons (Fsp3) is 0.429. The van der Waals surface area contributed by atoms with E-state index >= 15 is 0 Å². The number of aliphatic hydroxyl groups excluding tert-OH is 1. The fourth-order valence-corrected chi connectivity index (χ4v) is 0.784. The number of hydrogen-bond acceptors (Lipinski definition) is 2. The second kappa shape index (κ2) is 3.39. The second-order valence-corrected chi connectivity index (χ2v) is 2.19. The van der Waals surface area contributed by atoms with Crippen LogP contribution in [0.4, 0.5) is 0 Å². The number of aliphatic hydroxyl groups is 2. The van der Waals surface area contributed by atoms with Crippen LogP contribution in [-0.4, -0.2) is 21.1 Å². The largest absolute Gasteiger partial charge is 0.368 e. The van der Waals surface area contributed by atoms with Crippen molar-refractivity contribution in [3.05, 3.63) is 24.5 Å². The van der Waals surface area contributed by atoms with Crippen LogP contribution in [0.3, 0.4) is 0 Å². The lowest BCUT2D eigenvalue weighted by Crippen LogP contribution is -2.08. The Hall–Kier alpha value is -0.800. The summed E-state index contributed by atoms with van der Waals surface area (Å²) in [6.07, 6.45) is 2.97. The summed E-state index contributed by atoms with van der Waals surface area (Å²) in [4.78, 5) is 0. The van der Waals surface area contributed by atoms with Gasteiger partial charge in [0.25, 0.3) is 0 Å². The van der Waals surface area contributed by atoms with E-state index < -0.39 is 6.29 Å². The zero-order valence-corrected chi connectivity index (χ0v) is 5.64. The molecule has 1 aromatic heterocycles. The van der Waals surface area contributed by atoms with Gasteiger partial charge < -0.3 is 14.8 Å². The van der Waals surface area contributed by atoms with Gasteiger partial charge in [-0.05, 0) is 12.1 Å². The molecule has 1 rings (SSSR count). The molecular formula is C7H11NO2.